The lowest BCUT2D eigenvalue weighted by molar-refractivity contribution is 0.557. The predicted octanol–water partition coefficient (Wildman–Crippen LogP) is 4.34. The van der Waals surface area contributed by atoms with E-state index in [9.17, 15) is 0 Å². The quantitative estimate of drug-likeness (QED) is 0.518. The van der Waals surface area contributed by atoms with E-state index in [0.29, 0.717) is 5.11 Å². The van der Waals surface area contributed by atoms with E-state index in [2.05, 4.69) is 43.3 Å². The molecule has 0 aliphatic rings. The average Bonchev–Trinajstić information content (AvgIpc) is 2.93. The van der Waals surface area contributed by atoms with Gasteiger partial charge in [-0.15, -0.1) is 11.3 Å². The maximum absolute atomic E-state index is 5.41. The molecule has 0 atom stereocenters. The van der Waals surface area contributed by atoms with Gasteiger partial charge in [0.25, 0.3) is 0 Å². The summed E-state index contributed by atoms with van der Waals surface area (Å²) < 4.78 is 0. The Kier molecular flexibility index (Phi) is 5.09. The second-order valence-corrected chi connectivity index (χ2v) is 6.35. The van der Waals surface area contributed by atoms with Crippen molar-refractivity contribution in [3.05, 3.63) is 51.2 Å². The summed E-state index contributed by atoms with van der Waals surface area (Å²) in [6.45, 7) is 6.26. The summed E-state index contributed by atoms with van der Waals surface area (Å²) in [5, 5.41) is 11.9. The van der Waals surface area contributed by atoms with Crippen LogP contribution >= 0.6 is 23.6 Å². The zero-order valence-corrected chi connectivity index (χ0v) is 14.3. The molecule has 21 heavy (non-hydrogen) atoms. The Hall–Kier alpha value is -1.72. The van der Waals surface area contributed by atoms with Gasteiger partial charge in [-0.3, -0.25) is 0 Å². The van der Waals surface area contributed by atoms with E-state index < -0.39 is 0 Å². The lowest BCUT2D eigenvalue weighted by atomic mass is 10.1. The van der Waals surface area contributed by atoms with Crippen molar-refractivity contribution in [1.82, 2.24) is 5.01 Å². The van der Waals surface area contributed by atoms with E-state index >= 15 is 0 Å². The van der Waals surface area contributed by atoms with E-state index in [1.54, 1.807) is 16.3 Å². The van der Waals surface area contributed by atoms with Crippen LogP contribution in [0, 0.1) is 20.8 Å². The molecule has 0 fully saturated rings. The second-order valence-electron chi connectivity index (χ2n) is 4.99. The van der Waals surface area contributed by atoms with Gasteiger partial charge in [0, 0.05) is 17.6 Å². The molecule has 1 N–H and O–H groups in total. The molecule has 0 bridgehead atoms. The number of hydrazone groups is 1. The topological polar surface area (TPSA) is 27.6 Å². The number of nitrogens with one attached hydrogen (secondary N) is 1. The Labute approximate surface area is 135 Å². The maximum Gasteiger partial charge on any atom is 0.193 e. The van der Waals surface area contributed by atoms with Gasteiger partial charge in [0.15, 0.2) is 5.11 Å². The molecular weight excluding hydrogens is 298 g/mol. The largest absolute Gasteiger partial charge is 0.331 e. The first-order valence-corrected chi connectivity index (χ1v) is 7.96. The molecule has 0 aliphatic heterocycles. The lowest BCUT2D eigenvalue weighted by Crippen LogP contribution is -2.27. The number of thiocarbonyl (C=S) groups is 1. The summed E-state index contributed by atoms with van der Waals surface area (Å²) in [6.07, 6.45) is 1.81. The molecule has 1 aromatic carbocycles. The van der Waals surface area contributed by atoms with Gasteiger partial charge in [0.05, 0.1) is 6.21 Å². The minimum atomic E-state index is 0.581. The molecule has 110 valence electrons. The number of hydrogen-bond donors (Lipinski definition) is 1. The summed E-state index contributed by atoms with van der Waals surface area (Å²) in [6, 6.07) is 8.31. The van der Waals surface area contributed by atoms with Crippen LogP contribution in [0.4, 0.5) is 5.69 Å². The van der Waals surface area contributed by atoms with Crippen molar-refractivity contribution < 1.29 is 0 Å². The number of aryl methyl sites for hydroxylation is 3. The number of thiophene rings is 1. The fraction of sp³-hybridized carbons (Fsp3) is 0.250. The van der Waals surface area contributed by atoms with Crippen LogP contribution in [0.15, 0.2) is 34.7 Å². The molecule has 1 heterocycles. The summed E-state index contributed by atoms with van der Waals surface area (Å²) in [5.74, 6) is 0. The molecule has 0 aliphatic carbocycles. The van der Waals surface area contributed by atoms with Crippen molar-refractivity contribution in [2.24, 2.45) is 5.10 Å². The zero-order valence-electron chi connectivity index (χ0n) is 12.7. The maximum atomic E-state index is 5.41. The van der Waals surface area contributed by atoms with Crippen LogP contribution in [-0.4, -0.2) is 23.4 Å². The molecule has 2 aromatic rings. The van der Waals surface area contributed by atoms with Gasteiger partial charge in [0.1, 0.15) is 0 Å². The van der Waals surface area contributed by atoms with E-state index in [1.165, 1.54) is 16.7 Å². The Morgan fingerprint density at radius 1 is 1.29 bits per heavy atom. The smallest absolute Gasteiger partial charge is 0.193 e. The fourth-order valence-corrected chi connectivity index (χ4v) is 2.85. The number of hydrogen-bond acceptors (Lipinski definition) is 3. The van der Waals surface area contributed by atoms with Crippen LogP contribution in [0.5, 0.6) is 0 Å². The van der Waals surface area contributed by atoms with Gasteiger partial charge >= 0.3 is 0 Å². The van der Waals surface area contributed by atoms with Crippen LogP contribution in [-0.2, 0) is 0 Å². The number of nitrogens with zero attached hydrogens (tertiary/aromatic N) is 2. The van der Waals surface area contributed by atoms with Crippen LogP contribution in [0.3, 0.4) is 0 Å². The Morgan fingerprint density at radius 3 is 2.52 bits per heavy atom. The van der Waals surface area contributed by atoms with Crippen molar-refractivity contribution in [2.75, 3.05) is 12.4 Å². The Bertz CT molecular complexity index is 637. The summed E-state index contributed by atoms with van der Waals surface area (Å²) >= 11 is 7.06. The van der Waals surface area contributed by atoms with Crippen LogP contribution in [0.25, 0.3) is 0 Å². The van der Waals surface area contributed by atoms with Gasteiger partial charge in [-0.1, -0.05) is 23.8 Å². The van der Waals surface area contributed by atoms with Gasteiger partial charge in [0.2, 0.25) is 0 Å². The third-order valence-electron chi connectivity index (χ3n) is 3.10. The normalized spacial score (nSPS) is 10.9. The molecule has 0 unspecified atom stereocenters. The fourth-order valence-electron chi connectivity index (χ4n) is 2.13. The SMILES string of the molecule is Cc1cc(C)c(NC(=S)N(C)/N=C/c2cccs2)c(C)c1. The molecule has 1 aromatic heterocycles. The molecule has 2 rings (SSSR count). The van der Waals surface area contributed by atoms with Crippen LogP contribution in [0.2, 0.25) is 0 Å². The standard InChI is InChI=1S/C16H19N3S2/c1-11-8-12(2)15(13(3)9-11)18-16(20)19(4)17-10-14-6-5-7-21-14/h5-10H,1-4H3,(H,18,20)/b17-10+. The van der Waals surface area contributed by atoms with Gasteiger partial charge in [-0.25, -0.2) is 5.01 Å². The molecule has 5 heteroatoms. The van der Waals surface area contributed by atoms with Gasteiger partial charge < -0.3 is 5.32 Å². The van der Waals surface area contributed by atoms with Crippen molar-refractivity contribution in [3.8, 4) is 0 Å². The monoisotopic (exact) mass is 317 g/mol. The first kappa shape index (κ1) is 15.7. The van der Waals surface area contributed by atoms with Crippen LogP contribution in [0.1, 0.15) is 21.6 Å². The summed E-state index contributed by atoms with van der Waals surface area (Å²) in [5.41, 5.74) is 4.69. The number of rotatable bonds is 3. The summed E-state index contributed by atoms with van der Waals surface area (Å²) in [4.78, 5) is 1.10. The Balaban J connectivity index is 2.07. The van der Waals surface area contributed by atoms with Crippen molar-refractivity contribution in [1.29, 1.82) is 0 Å². The number of anilines is 1. The van der Waals surface area contributed by atoms with Gasteiger partial charge in [-0.05, 0) is 55.6 Å². The molecular formula is C16H19N3S2. The second kappa shape index (κ2) is 6.83. The van der Waals surface area contributed by atoms with Gasteiger partial charge in [-0.2, -0.15) is 5.10 Å². The van der Waals surface area contributed by atoms with E-state index in [0.717, 1.165) is 10.6 Å². The highest BCUT2D eigenvalue weighted by atomic mass is 32.1. The summed E-state index contributed by atoms with van der Waals surface area (Å²) in [7, 11) is 1.85. The third-order valence-corrected chi connectivity index (χ3v) is 4.28. The minimum Gasteiger partial charge on any atom is -0.331 e. The molecule has 0 spiro atoms. The zero-order chi connectivity index (χ0) is 15.4. The van der Waals surface area contributed by atoms with Crippen molar-refractivity contribution >= 4 is 40.6 Å². The van der Waals surface area contributed by atoms with Crippen molar-refractivity contribution in [3.63, 3.8) is 0 Å². The minimum absolute atomic E-state index is 0.581. The van der Waals surface area contributed by atoms with Crippen molar-refractivity contribution in [2.45, 2.75) is 20.8 Å². The molecule has 0 amide bonds. The first-order chi connectivity index (χ1) is 9.97. The predicted molar refractivity (Wildman–Crippen MR) is 96.5 cm³/mol. The molecule has 0 saturated heterocycles. The third kappa shape index (κ3) is 4.12. The highest BCUT2D eigenvalue weighted by Gasteiger charge is 2.08. The molecule has 0 saturated carbocycles. The van der Waals surface area contributed by atoms with Crippen LogP contribution < -0.4 is 5.32 Å². The number of benzene rings is 1. The Morgan fingerprint density at radius 2 is 1.95 bits per heavy atom. The van der Waals surface area contributed by atoms with E-state index in [-0.39, 0.29) is 0 Å². The highest BCUT2D eigenvalue weighted by Crippen LogP contribution is 2.22. The first-order valence-electron chi connectivity index (χ1n) is 6.67. The van der Waals surface area contributed by atoms with E-state index in [4.69, 9.17) is 12.2 Å². The highest BCUT2D eigenvalue weighted by molar-refractivity contribution is 7.80. The molecule has 0 radical (unpaired) electrons. The average molecular weight is 317 g/mol. The lowest BCUT2D eigenvalue weighted by Gasteiger charge is -2.19. The molecule has 3 nitrogen and oxygen atoms in total. The van der Waals surface area contributed by atoms with E-state index in [1.807, 2.05) is 30.8 Å².